The molecular formula is C11H11BrN2O2. The van der Waals surface area contributed by atoms with Gasteiger partial charge in [0, 0.05) is 6.20 Å². The summed E-state index contributed by atoms with van der Waals surface area (Å²) in [6, 6.07) is 3.85. The number of nitrogens with zero attached hydrogens (tertiary/aromatic N) is 2. The molecule has 84 valence electrons. The van der Waals surface area contributed by atoms with Gasteiger partial charge in [0.15, 0.2) is 5.69 Å². The highest BCUT2D eigenvalue weighted by molar-refractivity contribution is 9.10. The van der Waals surface area contributed by atoms with Crippen LogP contribution in [-0.2, 0) is 4.74 Å². The Labute approximate surface area is 101 Å². The third-order valence-electron chi connectivity index (χ3n) is 2.26. The van der Waals surface area contributed by atoms with Crippen LogP contribution in [-0.4, -0.2) is 22.0 Å². The smallest absolute Gasteiger partial charge is 0.359 e. The van der Waals surface area contributed by atoms with E-state index in [1.807, 2.05) is 29.7 Å². The second-order valence-corrected chi connectivity index (χ2v) is 4.11. The summed E-state index contributed by atoms with van der Waals surface area (Å²) >= 11 is 3.36. The van der Waals surface area contributed by atoms with E-state index in [0.29, 0.717) is 16.9 Å². The first-order chi connectivity index (χ1) is 7.65. The molecule has 4 nitrogen and oxygen atoms in total. The second kappa shape index (κ2) is 4.25. The van der Waals surface area contributed by atoms with Crippen LogP contribution in [0, 0.1) is 6.92 Å². The molecule has 0 aliphatic heterocycles. The summed E-state index contributed by atoms with van der Waals surface area (Å²) in [7, 11) is 0. The molecule has 0 saturated carbocycles. The van der Waals surface area contributed by atoms with Gasteiger partial charge in [0.25, 0.3) is 0 Å². The molecule has 0 spiro atoms. The maximum Gasteiger partial charge on any atom is 0.359 e. The fourth-order valence-corrected chi connectivity index (χ4v) is 2.04. The van der Waals surface area contributed by atoms with Crippen molar-refractivity contribution in [3.05, 3.63) is 34.2 Å². The Morgan fingerprint density at radius 2 is 2.38 bits per heavy atom. The third-order valence-corrected chi connectivity index (χ3v) is 3.01. The van der Waals surface area contributed by atoms with E-state index in [0.717, 1.165) is 11.2 Å². The van der Waals surface area contributed by atoms with Crippen molar-refractivity contribution in [1.29, 1.82) is 0 Å². The summed E-state index contributed by atoms with van der Waals surface area (Å²) in [6.45, 7) is 4.06. The van der Waals surface area contributed by atoms with Gasteiger partial charge in [-0.25, -0.2) is 9.78 Å². The van der Waals surface area contributed by atoms with Crippen LogP contribution >= 0.6 is 15.9 Å². The number of halogens is 1. The minimum absolute atomic E-state index is 0.316. The molecule has 5 heteroatoms. The molecule has 2 aromatic heterocycles. The van der Waals surface area contributed by atoms with E-state index >= 15 is 0 Å². The topological polar surface area (TPSA) is 43.6 Å². The van der Waals surface area contributed by atoms with Crippen LogP contribution in [0.1, 0.15) is 23.0 Å². The van der Waals surface area contributed by atoms with Gasteiger partial charge in [0.2, 0.25) is 0 Å². The van der Waals surface area contributed by atoms with E-state index in [4.69, 9.17) is 4.74 Å². The summed E-state index contributed by atoms with van der Waals surface area (Å²) in [4.78, 5) is 15.9. The SMILES string of the molecule is CCOC(=O)c1nc2c(C)cccn2c1Br. The van der Waals surface area contributed by atoms with Gasteiger partial charge in [0.1, 0.15) is 10.3 Å². The van der Waals surface area contributed by atoms with Crippen LogP contribution in [0.25, 0.3) is 5.65 Å². The number of fused-ring (bicyclic) bond motifs is 1. The fourth-order valence-electron chi connectivity index (χ4n) is 1.50. The van der Waals surface area contributed by atoms with Gasteiger partial charge >= 0.3 is 5.97 Å². The number of aromatic nitrogens is 2. The number of rotatable bonds is 2. The number of ether oxygens (including phenoxy) is 1. The van der Waals surface area contributed by atoms with Crippen molar-refractivity contribution in [2.45, 2.75) is 13.8 Å². The molecular weight excluding hydrogens is 272 g/mol. The van der Waals surface area contributed by atoms with E-state index in [1.165, 1.54) is 0 Å². The van der Waals surface area contributed by atoms with E-state index < -0.39 is 5.97 Å². The molecule has 0 saturated heterocycles. The molecule has 0 amide bonds. The minimum Gasteiger partial charge on any atom is -0.461 e. The number of aryl methyl sites for hydroxylation is 1. The van der Waals surface area contributed by atoms with Crippen LogP contribution < -0.4 is 0 Å². The molecule has 0 radical (unpaired) electrons. The largest absolute Gasteiger partial charge is 0.461 e. The monoisotopic (exact) mass is 282 g/mol. The van der Waals surface area contributed by atoms with Gasteiger partial charge in [-0.1, -0.05) is 6.07 Å². The summed E-state index contributed by atoms with van der Waals surface area (Å²) in [5.74, 6) is -0.405. The summed E-state index contributed by atoms with van der Waals surface area (Å²) in [5, 5.41) is 0. The number of imidazole rings is 1. The quantitative estimate of drug-likeness (QED) is 0.796. The Hall–Kier alpha value is -1.36. The van der Waals surface area contributed by atoms with Crippen molar-refractivity contribution in [2.24, 2.45) is 0 Å². The zero-order chi connectivity index (χ0) is 11.7. The number of hydrogen-bond acceptors (Lipinski definition) is 3. The molecule has 0 atom stereocenters. The highest BCUT2D eigenvalue weighted by Gasteiger charge is 2.18. The Morgan fingerprint density at radius 3 is 3.00 bits per heavy atom. The zero-order valence-corrected chi connectivity index (χ0v) is 10.6. The van der Waals surface area contributed by atoms with Crippen molar-refractivity contribution >= 4 is 27.5 Å². The maximum atomic E-state index is 11.6. The number of carbonyl (C=O) groups excluding carboxylic acids is 1. The molecule has 0 unspecified atom stereocenters. The van der Waals surface area contributed by atoms with Crippen LogP contribution in [0.3, 0.4) is 0 Å². The van der Waals surface area contributed by atoms with Crippen LogP contribution in [0.4, 0.5) is 0 Å². The number of hydrogen-bond donors (Lipinski definition) is 0. The van der Waals surface area contributed by atoms with Crippen LogP contribution in [0.15, 0.2) is 22.9 Å². The standard InChI is InChI=1S/C11H11BrN2O2/c1-3-16-11(15)8-9(12)14-6-4-5-7(2)10(14)13-8/h4-6H,3H2,1-2H3. The molecule has 0 aliphatic carbocycles. The van der Waals surface area contributed by atoms with Gasteiger partial charge in [-0.2, -0.15) is 0 Å². The van der Waals surface area contributed by atoms with Crippen molar-refractivity contribution in [3.8, 4) is 0 Å². The van der Waals surface area contributed by atoms with E-state index in [1.54, 1.807) is 6.92 Å². The molecule has 0 aromatic carbocycles. The predicted octanol–water partition coefficient (Wildman–Crippen LogP) is 2.58. The molecule has 2 aromatic rings. The molecule has 16 heavy (non-hydrogen) atoms. The summed E-state index contributed by atoms with van der Waals surface area (Å²) < 4.78 is 7.38. The molecule has 0 bridgehead atoms. The Balaban J connectivity index is 2.60. The normalized spacial score (nSPS) is 10.7. The lowest BCUT2D eigenvalue weighted by Crippen LogP contribution is -2.05. The van der Waals surface area contributed by atoms with Gasteiger partial charge in [-0.3, -0.25) is 4.40 Å². The molecule has 0 fully saturated rings. The van der Waals surface area contributed by atoms with Crippen molar-refractivity contribution in [1.82, 2.24) is 9.38 Å². The second-order valence-electron chi connectivity index (χ2n) is 3.36. The average Bonchev–Trinajstić information content (AvgIpc) is 2.59. The molecule has 0 aliphatic rings. The van der Waals surface area contributed by atoms with Gasteiger partial charge in [0.05, 0.1) is 6.61 Å². The maximum absolute atomic E-state index is 11.6. The highest BCUT2D eigenvalue weighted by atomic mass is 79.9. The predicted molar refractivity (Wildman–Crippen MR) is 63.6 cm³/mol. The van der Waals surface area contributed by atoms with Crippen LogP contribution in [0.2, 0.25) is 0 Å². The Kier molecular flexibility index (Phi) is 2.96. The van der Waals surface area contributed by atoms with Gasteiger partial charge in [-0.15, -0.1) is 0 Å². The summed E-state index contributed by atoms with van der Waals surface area (Å²) in [5.41, 5.74) is 2.09. The number of carbonyl (C=O) groups is 1. The number of esters is 1. The lowest BCUT2D eigenvalue weighted by molar-refractivity contribution is 0.0519. The highest BCUT2D eigenvalue weighted by Crippen LogP contribution is 2.21. The van der Waals surface area contributed by atoms with Crippen molar-refractivity contribution < 1.29 is 9.53 Å². The fraction of sp³-hybridized carbons (Fsp3) is 0.273. The van der Waals surface area contributed by atoms with Gasteiger partial charge in [-0.05, 0) is 41.4 Å². The summed E-state index contributed by atoms with van der Waals surface area (Å²) in [6.07, 6.45) is 1.85. The van der Waals surface area contributed by atoms with E-state index in [-0.39, 0.29) is 0 Å². The molecule has 2 heterocycles. The first-order valence-corrected chi connectivity index (χ1v) is 5.74. The zero-order valence-electron chi connectivity index (χ0n) is 9.03. The average molecular weight is 283 g/mol. The van der Waals surface area contributed by atoms with E-state index in [2.05, 4.69) is 20.9 Å². The Bertz CT molecular complexity index is 548. The lowest BCUT2D eigenvalue weighted by Gasteiger charge is -1.98. The Morgan fingerprint density at radius 1 is 1.62 bits per heavy atom. The van der Waals surface area contributed by atoms with Crippen molar-refractivity contribution in [2.75, 3.05) is 6.61 Å². The van der Waals surface area contributed by atoms with Crippen LogP contribution in [0.5, 0.6) is 0 Å². The minimum atomic E-state index is -0.405. The third kappa shape index (κ3) is 1.71. The van der Waals surface area contributed by atoms with Gasteiger partial charge < -0.3 is 4.74 Å². The molecule has 2 rings (SSSR count). The van der Waals surface area contributed by atoms with E-state index in [9.17, 15) is 4.79 Å². The first kappa shape index (κ1) is 11.1. The number of pyridine rings is 1. The first-order valence-electron chi connectivity index (χ1n) is 4.95. The van der Waals surface area contributed by atoms with Crippen molar-refractivity contribution in [3.63, 3.8) is 0 Å². The lowest BCUT2D eigenvalue weighted by atomic mass is 10.3. The molecule has 0 N–H and O–H groups in total.